The van der Waals surface area contributed by atoms with Gasteiger partial charge in [0.1, 0.15) is 17.3 Å². The Morgan fingerprint density at radius 3 is 2.42 bits per heavy atom. The van der Waals surface area contributed by atoms with Gasteiger partial charge in [-0.1, -0.05) is 54.2 Å². The molecule has 0 spiro atoms. The maximum absolute atomic E-state index is 5.84. The molecule has 0 aliphatic carbocycles. The summed E-state index contributed by atoms with van der Waals surface area (Å²) in [5.74, 6) is 0.825. The molecular weight excluding hydrogens is 254 g/mol. The van der Waals surface area contributed by atoms with Gasteiger partial charge in [0.15, 0.2) is 0 Å². The molecule has 2 aromatic rings. The molecule has 19 heavy (non-hydrogen) atoms. The fourth-order valence-electron chi connectivity index (χ4n) is 1.75. The van der Waals surface area contributed by atoms with Gasteiger partial charge in [-0.2, -0.15) is 0 Å². The lowest BCUT2D eigenvalue weighted by Crippen LogP contribution is -2.09. The Kier molecular flexibility index (Phi) is 4.17. The quantitative estimate of drug-likeness (QED) is 0.864. The molecule has 0 amide bonds. The average Bonchev–Trinajstić information content (AvgIpc) is 2.39. The predicted octanol–water partition coefficient (Wildman–Crippen LogP) is 3.52. The second-order valence-electron chi connectivity index (χ2n) is 4.62. The number of nitrogens with two attached hydrogens (primary N) is 1. The lowest BCUT2D eigenvalue weighted by molar-refractivity contribution is 0.304. The van der Waals surface area contributed by atoms with Crippen molar-refractivity contribution in [1.82, 2.24) is 0 Å². The van der Waals surface area contributed by atoms with Gasteiger partial charge in [0.2, 0.25) is 0 Å². The van der Waals surface area contributed by atoms with Crippen molar-refractivity contribution in [1.29, 1.82) is 0 Å². The largest absolute Gasteiger partial charge is 0.489 e. The van der Waals surface area contributed by atoms with Crippen LogP contribution < -0.4 is 10.5 Å². The first kappa shape index (κ1) is 13.6. The van der Waals surface area contributed by atoms with Crippen molar-refractivity contribution >= 4 is 17.2 Å². The number of rotatable bonds is 4. The van der Waals surface area contributed by atoms with Crippen LogP contribution in [0.2, 0.25) is 0 Å². The summed E-state index contributed by atoms with van der Waals surface area (Å²) in [6.07, 6.45) is 0. The van der Waals surface area contributed by atoms with E-state index in [9.17, 15) is 0 Å². The molecule has 0 bridgehead atoms. The van der Waals surface area contributed by atoms with Gasteiger partial charge in [0.25, 0.3) is 0 Å². The van der Waals surface area contributed by atoms with Gasteiger partial charge in [0.05, 0.1) is 0 Å². The van der Waals surface area contributed by atoms with Crippen LogP contribution in [-0.4, -0.2) is 4.99 Å². The van der Waals surface area contributed by atoms with Gasteiger partial charge < -0.3 is 10.5 Å². The first-order valence-electron chi connectivity index (χ1n) is 6.15. The SMILES string of the molecule is Cc1ccc(COc2cc(C(N)=S)ccc2C)cc1. The number of aryl methyl sites for hydroxylation is 2. The zero-order valence-electron chi connectivity index (χ0n) is 11.1. The zero-order valence-corrected chi connectivity index (χ0v) is 12.0. The third-order valence-corrected chi connectivity index (χ3v) is 3.22. The minimum absolute atomic E-state index is 0.389. The van der Waals surface area contributed by atoms with Crippen LogP contribution in [0.1, 0.15) is 22.3 Å². The highest BCUT2D eigenvalue weighted by molar-refractivity contribution is 7.80. The Balaban J connectivity index is 2.12. The smallest absolute Gasteiger partial charge is 0.123 e. The number of ether oxygens (including phenoxy) is 1. The van der Waals surface area contributed by atoms with E-state index in [2.05, 4.69) is 31.2 Å². The molecule has 2 aromatic carbocycles. The van der Waals surface area contributed by atoms with Crippen LogP contribution in [0.15, 0.2) is 42.5 Å². The number of thiocarbonyl (C=S) groups is 1. The molecule has 0 aliphatic heterocycles. The van der Waals surface area contributed by atoms with E-state index in [-0.39, 0.29) is 0 Å². The van der Waals surface area contributed by atoms with Crippen molar-refractivity contribution in [3.8, 4) is 5.75 Å². The molecule has 0 heterocycles. The summed E-state index contributed by atoms with van der Waals surface area (Å²) < 4.78 is 5.84. The predicted molar refractivity (Wildman–Crippen MR) is 82.6 cm³/mol. The zero-order chi connectivity index (χ0) is 13.8. The van der Waals surface area contributed by atoms with Crippen molar-refractivity contribution in [2.45, 2.75) is 20.5 Å². The molecule has 0 unspecified atom stereocenters. The van der Waals surface area contributed by atoms with Crippen molar-refractivity contribution in [3.63, 3.8) is 0 Å². The summed E-state index contributed by atoms with van der Waals surface area (Å²) in [4.78, 5) is 0.389. The van der Waals surface area contributed by atoms with Crippen molar-refractivity contribution in [3.05, 3.63) is 64.7 Å². The third-order valence-electron chi connectivity index (χ3n) is 2.99. The highest BCUT2D eigenvalue weighted by Gasteiger charge is 2.04. The lowest BCUT2D eigenvalue weighted by Gasteiger charge is -2.11. The van der Waals surface area contributed by atoms with Crippen LogP contribution in [0, 0.1) is 13.8 Å². The average molecular weight is 271 g/mol. The van der Waals surface area contributed by atoms with Gasteiger partial charge >= 0.3 is 0 Å². The molecule has 0 aliphatic rings. The maximum atomic E-state index is 5.84. The first-order valence-corrected chi connectivity index (χ1v) is 6.56. The second kappa shape index (κ2) is 5.85. The van der Waals surface area contributed by atoms with E-state index >= 15 is 0 Å². The Morgan fingerprint density at radius 2 is 1.79 bits per heavy atom. The molecule has 0 aromatic heterocycles. The summed E-state index contributed by atoms with van der Waals surface area (Å²) in [7, 11) is 0. The van der Waals surface area contributed by atoms with Gasteiger partial charge in [-0.05, 0) is 31.0 Å². The van der Waals surface area contributed by atoms with Gasteiger partial charge in [-0.15, -0.1) is 0 Å². The summed E-state index contributed by atoms with van der Waals surface area (Å²) >= 11 is 4.98. The first-order chi connectivity index (χ1) is 9.06. The minimum Gasteiger partial charge on any atom is -0.489 e. The number of hydrogen-bond acceptors (Lipinski definition) is 2. The molecule has 0 fully saturated rings. The van der Waals surface area contributed by atoms with E-state index in [1.54, 1.807) is 0 Å². The topological polar surface area (TPSA) is 35.2 Å². The Morgan fingerprint density at radius 1 is 1.11 bits per heavy atom. The van der Waals surface area contributed by atoms with Crippen LogP contribution in [0.4, 0.5) is 0 Å². The molecule has 98 valence electrons. The molecule has 0 saturated heterocycles. The van der Waals surface area contributed by atoms with Gasteiger partial charge in [0, 0.05) is 5.56 Å². The molecule has 2 rings (SSSR count). The van der Waals surface area contributed by atoms with E-state index in [4.69, 9.17) is 22.7 Å². The van der Waals surface area contributed by atoms with Crippen LogP contribution in [0.5, 0.6) is 5.75 Å². The highest BCUT2D eigenvalue weighted by Crippen LogP contribution is 2.21. The molecular formula is C16H17NOS. The Labute approximate surface area is 119 Å². The molecule has 3 heteroatoms. The lowest BCUT2D eigenvalue weighted by atomic mass is 10.1. The van der Waals surface area contributed by atoms with Gasteiger partial charge in [-0.25, -0.2) is 0 Å². The van der Waals surface area contributed by atoms with Crippen LogP contribution >= 0.6 is 12.2 Å². The van der Waals surface area contributed by atoms with Gasteiger partial charge in [-0.3, -0.25) is 0 Å². The Bertz CT molecular complexity index is 590. The van der Waals surface area contributed by atoms with Crippen LogP contribution in [0.3, 0.4) is 0 Å². The van der Waals surface area contributed by atoms with E-state index in [1.165, 1.54) is 5.56 Å². The molecule has 0 saturated carbocycles. The molecule has 0 radical (unpaired) electrons. The van der Waals surface area contributed by atoms with E-state index < -0.39 is 0 Å². The standard InChI is InChI=1S/C16H17NOS/c1-11-3-6-13(7-4-11)10-18-15-9-14(16(17)19)8-5-12(15)2/h3-9H,10H2,1-2H3,(H2,17,19). The molecule has 2 nitrogen and oxygen atoms in total. The maximum Gasteiger partial charge on any atom is 0.123 e. The fraction of sp³-hybridized carbons (Fsp3) is 0.188. The fourth-order valence-corrected chi connectivity index (χ4v) is 1.88. The van der Waals surface area contributed by atoms with Crippen molar-refractivity contribution in [2.24, 2.45) is 5.73 Å². The molecule has 0 atom stereocenters. The van der Waals surface area contributed by atoms with Crippen LogP contribution in [-0.2, 0) is 6.61 Å². The summed E-state index contributed by atoms with van der Waals surface area (Å²) in [6, 6.07) is 14.1. The summed E-state index contributed by atoms with van der Waals surface area (Å²) in [6.45, 7) is 4.62. The monoisotopic (exact) mass is 271 g/mol. The minimum atomic E-state index is 0.389. The van der Waals surface area contributed by atoms with E-state index in [0.717, 1.165) is 22.4 Å². The van der Waals surface area contributed by atoms with Crippen molar-refractivity contribution in [2.75, 3.05) is 0 Å². The molecule has 2 N–H and O–H groups in total. The highest BCUT2D eigenvalue weighted by atomic mass is 32.1. The number of benzene rings is 2. The summed E-state index contributed by atoms with van der Waals surface area (Å²) in [5.41, 5.74) is 9.93. The normalized spacial score (nSPS) is 10.2. The third kappa shape index (κ3) is 3.55. The van der Waals surface area contributed by atoms with Crippen LogP contribution in [0.25, 0.3) is 0 Å². The van der Waals surface area contributed by atoms with Crippen molar-refractivity contribution < 1.29 is 4.74 Å². The summed E-state index contributed by atoms with van der Waals surface area (Å²) in [5, 5.41) is 0. The Hall–Kier alpha value is -1.87. The number of hydrogen-bond donors (Lipinski definition) is 1. The van der Waals surface area contributed by atoms with E-state index in [0.29, 0.717) is 11.6 Å². The van der Waals surface area contributed by atoms with E-state index in [1.807, 2.05) is 25.1 Å². The second-order valence-corrected chi connectivity index (χ2v) is 5.06.